The molecule has 0 aliphatic carbocycles. The Morgan fingerprint density at radius 3 is 2.26 bits per heavy atom. The molecule has 0 aliphatic heterocycles. The zero-order valence-electron chi connectivity index (χ0n) is 19.9. The molecule has 0 fully saturated rings. The predicted molar refractivity (Wildman–Crippen MR) is 133 cm³/mol. The van der Waals surface area contributed by atoms with Crippen LogP contribution in [0.5, 0.6) is 5.75 Å². The molecule has 3 unspecified atom stereocenters. The van der Waals surface area contributed by atoms with Gasteiger partial charge in [0.2, 0.25) is 0 Å². The Bertz CT molecular complexity index is 1270. The number of nitrogens with zero attached hydrogens (tertiary/aromatic N) is 1. The average molecular weight is 494 g/mol. The minimum Gasteiger partial charge on any atom is -0.419 e. The number of pyridine rings is 1. The molecule has 2 aromatic carbocycles. The summed E-state index contributed by atoms with van der Waals surface area (Å²) < 4.78 is 37.0. The van der Waals surface area contributed by atoms with E-state index in [-0.39, 0.29) is 17.4 Å². The Balaban J connectivity index is 2.28. The maximum absolute atomic E-state index is 13.7. The molecule has 8 heteroatoms. The third-order valence-electron chi connectivity index (χ3n) is 5.60. The monoisotopic (exact) mass is 494 g/mol. The summed E-state index contributed by atoms with van der Waals surface area (Å²) in [4.78, 5) is 18.1. The maximum atomic E-state index is 13.7. The first kappa shape index (κ1) is 26.2. The smallest absolute Gasteiger partial charge is 0.419 e. The first-order valence-corrected chi connectivity index (χ1v) is 12.1. The van der Waals surface area contributed by atoms with Gasteiger partial charge in [-0.25, -0.2) is 14.2 Å². The van der Waals surface area contributed by atoms with E-state index in [1.807, 2.05) is 44.2 Å². The molecule has 0 saturated carbocycles. The van der Waals surface area contributed by atoms with Gasteiger partial charge in [-0.3, -0.25) is 0 Å². The van der Waals surface area contributed by atoms with Crippen LogP contribution >= 0.6 is 8.03 Å². The zero-order valence-corrected chi connectivity index (χ0v) is 20.8. The fourth-order valence-corrected chi connectivity index (χ4v) is 4.49. The van der Waals surface area contributed by atoms with E-state index in [0.717, 1.165) is 12.7 Å². The Kier molecular flexibility index (Phi) is 8.14. The van der Waals surface area contributed by atoms with Crippen molar-refractivity contribution in [3.63, 3.8) is 0 Å². The lowest BCUT2D eigenvalue weighted by Crippen LogP contribution is -2.46. The lowest BCUT2D eigenvalue weighted by molar-refractivity contribution is -0.138. The first-order valence-electron chi connectivity index (χ1n) is 10.9. The summed E-state index contributed by atoms with van der Waals surface area (Å²) in [6, 6.07) is 16.8. The molecule has 0 saturated heterocycles. The van der Waals surface area contributed by atoms with Gasteiger partial charge in [-0.2, -0.15) is 0 Å². The van der Waals surface area contributed by atoms with Crippen molar-refractivity contribution in [1.82, 2.24) is 4.98 Å². The summed E-state index contributed by atoms with van der Waals surface area (Å²) in [5.41, 5.74) is 2.84. The highest BCUT2D eigenvalue weighted by Gasteiger charge is 2.63. The summed E-state index contributed by atoms with van der Waals surface area (Å²) in [6.45, 7) is 5.07. The van der Waals surface area contributed by atoms with E-state index >= 15 is 0 Å². The van der Waals surface area contributed by atoms with Gasteiger partial charge >= 0.3 is 19.2 Å². The summed E-state index contributed by atoms with van der Waals surface area (Å²) in [7, 11) is -1.69. The highest BCUT2D eigenvalue weighted by atomic mass is 31.1. The van der Waals surface area contributed by atoms with Gasteiger partial charge in [0.05, 0.1) is 12.8 Å². The van der Waals surface area contributed by atoms with Crippen molar-refractivity contribution in [2.24, 2.45) is 0 Å². The number of benzene rings is 2. The second-order valence-electron chi connectivity index (χ2n) is 8.22. The molecule has 1 aromatic heterocycles. The Morgan fingerprint density at radius 2 is 1.74 bits per heavy atom. The molecule has 180 valence electrons. The molecule has 1 N–H and O–H groups in total. The van der Waals surface area contributed by atoms with E-state index in [0.29, 0.717) is 16.8 Å². The van der Waals surface area contributed by atoms with Crippen LogP contribution < -0.4 is 4.74 Å². The van der Waals surface area contributed by atoms with E-state index < -0.39 is 31.1 Å². The van der Waals surface area contributed by atoms with Crippen molar-refractivity contribution in [2.75, 3.05) is 7.11 Å². The number of rotatable bonds is 8. The van der Waals surface area contributed by atoms with Gasteiger partial charge in [-0.05, 0) is 53.7 Å². The number of hydrogen-bond acceptors (Lipinski definition) is 6. The number of esters is 1. The SMILES string of the molecule is C#CC(C(=O)Oc1c(C(C)C)cc(-c2ccccc2)nc1-c1ccc(F)cc1)(C(C)O)[P+](=O)OC. The number of ether oxygens (including phenoxy) is 1. The van der Waals surface area contributed by atoms with Gasteiger partial charge in [0, 0.05) is 16.7 Å². The Labute approximate surface area is 205 Å². The minimum absolute atomic E-state index is 0.0797. The Morgan fingerprint density at radius 1 is 1.11 bits per heavy atom. The quantitative estimate of drug-likeness (QED) is 0.245. The average Bonchev–Trinajstić information content (AvgIpc) is 2.85. The second-order valence-corrected chi connectivity index (χ2v) is 9.80. The summed E-state index contributed by atoms with van der Waals surface area (Å²) in [5, 5.41) is 8.10. The van der Waals surface area contributed by atoms with Crippen molar-refractivity contribution in [1.29, 1.82) is 0 Å². The molecule has 35 heavy (non-hydrogen) atoms. The molecule has 6 nitrogen and oxygen atoms in total. The van der Waals surface area contributed by atoms with E-state index in [1.165, 1.54) is 31.2 Å². The molecule has 0 aliphatic rings. The van der Waals surface area contributed by atoms with Gasteiger partial charge in [0.15, 0.2) is 5.75 Å². The van der Waals surface area contributed by atoms with Crippen LogP contribution in [0, 0.1) is 18.2 Å². The van der Waals surface area contributed by atoms with E-state index in [1.54, 1.807) is 6.07 Å². The standard InChI is InChI=1S/C27H26FNO5P/c1-6-27(18(4)30,35(32)33-5)26(31)34-25-22(17(2)3)16-23(19-10-8-7-9-11-19)29-24(25)20-12-14-21(28)15-13-20/h1,7-18,30H,2-5H3/q+1. The van der Waals surface area contributed by atoms with Crippen molar-refractivity contribution in [2.45, 2.75) is 37.9 Å². The van der Waals surface area contributed by atoms with E-state index in [9.17, 15) is 18.9 Å². The van der Waals surface area contributed by atoms with Crippen molar-refractivity contribution in [3.05, 3.63) is 72.0 Å². The molecule has 0 radical (unpaired) electrons. The van der Waals surface area contributed by atoms with Crippen LogP contribution in [0.2, 0.25) is 0 Å². The molecule has 3 aromatic rings. The normalized spacial score (nSPS) is 14.1. The molecular formula is C27H26FNO5P+. The highest BCUT2D eigenvalue weighted by molar-refractivity contribution is 7.43. The topological polar surface area (TPSA) is 85.7 Å². The summed E-state index contributed by atoms with van der Waals surface area (Å²) in [6.07, 6.45) is 4.04. The Hall–Kier alpha value is -3.43. The molecule has 0 amide bonds. The highest BCUT2D eigenvalue weighted by Crippen LogP contribution is 2.45. The molecule has 1 heterocycles. The fraction of sp³-hybridized carbons (Fsp3) is 0.259. The number of terminal acetylenes is 1. The molecule has 0 bridgehead atoms. The fourth-order valence-electron chi connectivity index (χ4n) is 3.59. The van der Waals surface area contributed by atoms with Gasteiger partial charge in [-0.1, -0.05) is 44.2 Å². The first-order chi connectivity index (χ1) is 16.6. The van der Waals surface area contributed by atoms with Gasteiger partial charge in [0.1, 0.15) is 17.6 Å². The number of halogens is 1. The van der Waals surface area contributed by atoms with Crippen molar-refractivity contribution >= 4 is 14.0 Å². The van der Waals surface area contributed by atoms with Crippen LogP contribution in [0.25, 0.3) is 22.5 Å². The largest absolute Gasteiger partial charge is 0.542 e. The summed E-state index contributed by atoms with van der Waals surface area (Å²) >= 11 is 0. The number of aliphatic hydroxyl groups excluding tert-OH is 1. The number of aromatic nitrogens is 1. The molecular weight excluding hydrogens is 468 g/mol. The summed E-state index contributed by atoms with van der Waals surface area (Å²) in [5.74, 6) is 0.531. The molecule has 3 rings (SSSR count). The second kappa shape index (κ2) is 10.9. The predicted octanol–water partition coefficient (Wildman–Crippen LogP) is 5.73. The van der Waals surface area contributed by atoms with Crippen molar-refractivity contribution < 1.29 is 28.1 Å². The lowest BCUT2D eigenvalue weighted by Gasteiger charge is -2.22. The number of carbonyl (C=O) groups is 1. The molecule has 0 spiro atoms. The van der Waals surface area contributed by atoms with Crippen LogP contribution in [0.4, 0.5) is 4.39 Å². The van der Waals surface area contributed by atoms with Crippen LogP contribution in [0.3, 0.4) is 0 Å². The number of hydrogen-bond donors (Lipinski definition) is 1. The van der Waals surface area contributed by atoms with Crippen molar-refractivity contribution in [3.8, 4) is 40.6 Å². The van der Waals surface area contributed by atoms with Gasteiger partial charge in [0.25, 0.3) is 0 Å². The minimum atomic E-state index is -2.82. The maximum Gasteiger partial charge on any atom is 0.542 e. The number of carbonyl (C=O) groups excluding carboxylic acids is 1. The zero-order chi connectivity index (χ0) is 25.8. The van der Waals surface area contributed by atoms with Crippen LogP contribution in [-0.2, 0) is 13.9 Å². The number of aliphatic hydroxyl groups is 1. The van der Waals surface area contributed by atoms with Crippen LogP contribution in [0.15, 0.2) is 60.7 Å². The van der Waals surface area contributed by atoms with E-state index in [2.05, 4.69) is 5.92 Å². The van der Waals surface area contributed by atoms with E-state index in [4.69, 9.17) is 20.7 Å². The van der Waals surface area contributed by atoms with Gasteiger partial charge < -0.3 is 9.84 Å². The van der Waals surface area contributed by atoms with Gasteiger partial charge in [-0.15, -0.1) is 10.9 Å². The van der Waals surface area contributed by atoms with Crippen LogP contribution in [-0.4, -0.2) is 34.4 Å². The lowest BCUT2D eigenvalue weighted by atomic mass is 9.96. The third-order valence-corrected chi connectivity index (χ3v) is 7.19. The molecule has 3 atom stereocenters. The van der Waals surface area contributed by atoms with Crippen LogP contribution in [0.1, 0.15) is 32.3 Å². The third kappa shape index (κ3) is 5.16.